The molecule has 0 fully saturated rings. The van der Waals surface area contributed by atoms with E-state index in [1.165, 1.54) is 6.07 Å². The summed E-state index contributed by atoms with van der Waals surface area (Å²) in [7, 11) is 0. The standard InChI is InChI=1S/C15H14F2N4/c16-12-5-4-10(7-13(12)17)8-14(20-18)11-9-19-21-6-2-1-3-15(11)21/h1-7,9,14,20H,8,18H2. The van der Waals surface area contributed by atoms with Gasteiger partial charge < -0.3 is 0 Å². The van der Waals surface area contributed by atoms with Crippen LogP contribution >= 0.6 is 0 Å². The first kappa shape index (κ1) is 13.7. The number of benzene rings is 1. The number of nitrogens with one attached hydrogen (secondary N) is 1. The first-order valence-electron chi connectivity index (χ1n) is 6.51. The van der Waals surface area contributed by atoms with Crippen molar-refractivity contribution in [1.82, 2.24) is 15.0 Å². The largest absolute Gasteiger partial charge is 0.271 e. The van der Waals surface area contributed by atoms with Crippen LogP contribution < -0.4 is 11.3 Å². The van der Waals surface area contributed by atoms with Crippen LogP contribution in [0.15, 0.2) is 48.8 Å². The maximum Gasteiger partial charge on any atom is 0.159 e. The Bertz CT molecular complexity index is 769. The zero-order valence-corrected chi connectivity index (χ0v) is 11.1. The van der Waals surface area contributed by atoms with Crippen LogP contribution in [0.5, 0.6) is 0 Å². The number of fused-ring (bicyclic) bond motifs is 1. The summed E-state index contributed by atoms with van der Waals surface area (Å²) in [5.41, 5.74) is 5.19. The van der Waals surface area contributed by atoms with Crippen molar-refractivity contribution in [1.29, 1.82) is 0 Å². The zero-order valence-electron chi connectivity index (χ0n) is 11.1. The minimum Gasteiger partial charge on any atom is -0.271 e. The molecule has 3 aromatic rings. The Hall–Kier alpha value is -2.31. The van der Waals surface area contributed by atoms with Gasteiger partial charge in [0.25, 0.3) is 0 Å². The predicted octanol–water partition coefficient (Wildman–Crippen LogP) is 2.36. The second-order valence-corrected chi connectivity index (χ2v) is 4.80. The number of hydrogen-bond acceptors (Lipinski definition) is 3. The van der Waals surface area contributed by atoms with Crippen molar-refractivity contribution in [3.63, 3.8) is 0 Å². The van der Waals surface area contributed by atoms with Crippen molar-refractivity contribution >= 4 is 5.52 Å². The van der Waals surface area contributed by atoms with Gasteiger partial charge in [-0.15, -0.1) is 0 Å². The number of halogens is 2. The molecule has 108 valence electrons. The minimum absolute atomic E-state index is 0.241. The third-order valence-electron chi connectivity index (χ3n) is 3.46. The number of nitrogens with zero attached hydrogens (tertiary/aromatic N) is 2. The van der Waals surface area contributed by atoms with E-state index in [-0.39, 0.29) is 6.04 Å². The first-order valence-corrected chi connectivity index (χ1v) is 6.51. The number of rotatable bonds is 4. The number of hydrazine groups is 1. The molecular formula is C15H14F2N4. The molecule has 3 rings (SSSR count). The Kier molecular flexibility index (Phi) is 3.64. The molecule has 1 atom stereocenters. The summed E-state index contributed by atoms with van der Waals surface area (Å²) in [4.78, 5) is 0. The highest BCUT2D eigenvalue weighted by molar-refractivity contribution is 5.55. The number of aromatic nitrogens is 2. The minimum atomic E-state index is -0.858. The Morgan fingerprint density at radius 2 is 2.05 bits per heavy atom. The van der Waals surface area contributed by atoms with E-state index in [9.17, 15) is 8.78 Å². The van der Waals surface area contributed by atoms with Crippen LogP contribution in [0.25, 0.3) is 5.52 Å². The molecule has 6 heteroatoms. The van der Waals surface area contributed by atoms with Gasteiger partial charge in [-0.25, -0.2) is 13.3 Å². The van der Waals surface area contributed by atoms with Crippen molar-refractivity contribution in [3.05, 3.63) is 71.6 Å². The van der Waals surface area contributed by atoms with Crippen LogP contribution in [0.2, 0.25) is 0 Å². The van der Waals surface area contributed by atoms with Crippen molar-refractivity contribution in [2.75, 3.05) is 0 Å². The van der Waals surface area contributed by atoms with Crippen LogP contribution in [0.4, 0.5) is 8.78 Å². The fraction of sp³-hybridized carbons (Fsp3) is 0.133. The molecule has 0 saturated carbocycles. The van der Waals surface area contributed by atoms with Crippen molar-refractivity contribution in [3.8, 4) is 0 Å². The van der Waals surface area contributed by atoms with Crippen LogP contribution in [0, 0.1) is 11.6 Å². The fourth-order valence-electron chi connectivity index (χ4n) is 2.38. The van der Waals surface area contributed by atoms with E-state index in [1.54, 1.807) is 16.8 Å². The average molecular weight is 288 g/mol. The smallest absolute Gasteiger partial charge is 0.159 e. The topological polar surface area (TPSA) is 55.3 Å². The van der Waals surface area contributed by atoms with E-state index in [4.69, 9.17) is 5.84 Å². The molecule has 0 spiro atoms. The fourth-order valence-corrected chi connectivity index (χ4v) is 2.38. The lowest BCUT2D eigenvalue weighted by Crippen LogP contribution is -2.29. The van der Waals surface area contributed by atoms with Gasteiger partial charge in [0.05, 0.1) is 17.8 Å². The van der Waals surface area contributed by atoms with Gasteiger partial charge in [-0.2, -0.15) is 5.10 Å². The van der Waals surface area contributed by atoms with Crippen LogP contribution in [-0.2, 0) is 6.42 Å². The molecule has 1 aromatic carbocycles. The SMILES string of the molecule is NNC(Cc1ccc(F)c(F)c1)c1cnn2ccccc12. The summed E-state index contributed by atoms with van der Waals surface area (Å²) < 4.78 is 28.0. The molecule has 0 bridgehead atoms. The molecule has 1 unspecified atom stereocenters. The highest BCUT2D eigenvalue weighted by Crippen LogP contribution is 2.23. The molecule has 4 nitrogen and oxygen atoms in total. The second-order valence-electron chi connectivity index (χ2n) is 4.80. The van der Waals surface area contributed by atoms with E-state index in [0.717, 1.165) is 17.1 Å². The van der Waals surface area contributed by atoms with E-state index in [0.29, 0.717) is 12.0 Å². The molecule has 2 aromatic heterocycles. The summed E-state index contributed by atoms with van der Waals surface area (Å²) in [5.74, 6) is 3.90. The lowest BCUT2D eigenvalue weighted by Gasteiger charge is -2.15. The molecule has 0 amide bonds. The summed E-state index contributed by atoms with van der Waals surface area (Å²) in [5, 5.41) is 4.25. The van der Waals surface area contributed by atoms with E-state index < -0.39 is 11.6 Å². The van der Waals surface area contributed by atoms with Crippen LogP contribution in [0.3, 0.4) is 0 Å². The molecule has 0 aliphatic rings. The Balaban J connectivity index is 1.93. The predicted molar refractivity (Wildman–Crippen MR) is 75.3 cm³/mol. The summed E-state index contributed by atoms with van der Waals surface area (Å²) in [6.45, 7) is 0. The van der Waals surface area contributed by atoms with Gasteiger partial charge in [-0.1, -0.05) is 12.1 Å². The molecule has 2 heterocycles. The lowest BCUT2D eigenvalue weighted by atomic mass is 10.0. The second kappa shape index (κ2) is 5.59. The summed E-state index contributed by atoms with van der Waals surface area (Å²) >= 11 is 0. The van der Waals surface area contributed by atoms with E-state index in [2.05, 4.69) is 10.5 Å². The lowest BCUT2D eigenvalue weighted by molar-refractivity contribution is 0.503. The van der Waals surface area contributed by atoms with Gasteiger partial charge >= 0.3 is 0 Å². The summed E-state index contributed by atoms with van der Waals surface area (Å²) in [6.07, 6.45) is 3.99. The highest BCUT2D eigenvalue weighted by atomic mass is 19.2. The molecule has 21 heavy (non-hydrogen) atoms. The first-order chi connectivity index (χ1) is 10.2. The van der Waals surface area contributed by atoms with Gasteiger partial charge in [0, 0.05) is 11.8 Å². The monoisotopic (exact) mass is 288 g/mol. The summed E-state index contributed by atoms with van der Waals surface area (Å²) in [6, 6.07) is 9.33. The molecule has 0 aliphatic carbocycles. The van der Waals surface area contributed by atoms with E-state index >= 15 is 0 Å². The van der Waals surface area contributed by atoms with Crippen molar-refractivity contribution in [2.24, 2.45) is 5.84 Å². The molecule has 0 aliphatic heterocycles. The van der Waals surface area contributed by atoms with Crippen molar-refractivity contribution < 1.29 is 8.78 Å². The number of hydrogen-bond donors (Lipinski definition) is 2. The molecule has 0 saturated heterocycles. The van der Waals surface area contributed by atoms with Crippen LogP contribution in [-0.4, -0.2) is 9.61 Å². The van der Waals surface area contributed by atoms with Gasteiger partial charge in [0.15, 0.2) is 11.6 Å². The van der Waals surface area contributed by atoms with Gasteiger partial charge in [0.1, 0.15) is 0 Å². The van der Waals surface area contributed by atoms with Crippen molar-refractivity contribution in [2.45, 2.75) is 12.5 Å². The normalized spacial score (nSPS) is 12.7. The molecule has 3 N–H and O–H groups in total. The van der Waals surface area contributed by atoms with E-state index in [1.807, 2.05) is 24.4 Å². The van der Waals surface area contributed by atoms with Gasteiger partial charge in [-0.05, 0) is 36.2 Å². The Labute approximate surface area is 120 Å². The van der Waals surface area contributed by atoms with Gasteiger partial charge in [0.2, 0.25) is 0 Å². The maximum absolute atomic E-state index is 13.3. The van der Waals surface area contributed by atoms with Gasteiger partial charge in [-0.3, -0.25) is 11.3 Å². The number of pyridine rings is 1. The number of nitrogens with two attached hydrogens (primary N) is 1. The Morgan fingerprint density at radius 3 is 2.81 bits per heavy atom. The highest BCUT2D eigenvalue weighted by Gasteiger charge is 2.16. The Morgan fingerprint density at radius 1 is 1.19 bits per heavy atom. The third-order valence-corrected chi connectivity index (χ3v) is 3.46. The van der Waals surface area contributed by atoms with Crippen LogP contribution in [0.1, 0.15) is 17.2 Å². The quantitative estimate of drug-likeness (QED) is 0.572. The molecular weight excluding hydrogens is 274 g/mol. The third kappa shape index (κ3) is 2.63. The zero-order chi connectivity index (χ0) is 14.8. The maximum atomic E-state index is 13.3. The molecule has 0 radical (unpaired) electrons. The average Bonchev–Trinajstić information content (AvgIpc) is 2.92.